The lowest BCUT2D eigenvalue weighted by Gasteiger charge is -2.22. The molecule has 1 aliphatic rings. The van der Waals surface area contributed by atoms with Gasteiger partial charge in [0, 0.05) is 13.2 Å². The average molecular weight is 254 g/mol. The zero-order valence-corrected chi connectivity index (χ0v) is 10.9. The van der Waals surface area contributed by atoms with E-state index < -0.39 is 0 Å². The Kier molecular flexibility index (Phi) is 5.41. The molecule has 1 fully saturated rings. The lowest BCUT2D eigenvalue weighted by atomic mass is 10.1. The summed E-state index contributed by atoms with van der Waals surface area (Å²) in [5.41, 5.74) is 0. The Labute approximate surface area is 107 Å². The van der Waals surface area contributed by atoms with Crippen LogP contribution in [0, 0.1) is 0 Å². The van der Waals surface area contributed by atoms with Crippen molar-refractivity contribution < 1.29 is 9.15 Å². The third-order valence-electron chi connectivity index (χ3n) is 2.92. The Hall–Kier alpha value is -1.14. The first-order valence-electron chi connectivity index (χ1n) is 6.77. The maximum absolute atomic E-state index is 5.62. The second-order valence-corrected chi connectivity index (χ2v) is 4.55. The highest BCUT2D eigenvalue weighted by molar-refractivity contribution is 5.17. The van der Waals surface area contributed by atoms with Crippen molar-refractivity contribution in [2.75, 3.05) is 25.0 Å². The van der Waals surface area contributed by atoms with E-state index in [0.29, 0.717) is 18.5 Å². The average Bonchev–Trinajstić information content (AvgIpc) is 2.86. The molecular formula is C12H22N4O2. The maximum Gasteiger partial charge on any atom is 0.315 e. The summed E-state index contributed by atoms with van der Waals surface area (Å²) in [6.45, 7) is 5.31. The third kappa shape index (κ3) is 4.27. The van der Waals surface area contributed by atoms with Gasteiger partial charge in [-0.2, -0.15) is 0 Å². The van der Waals surface area contributed by atoms with E-state index in [4.69, 9.17) is 9.15 Å². The van der Waals surface area contributed by atoms with Crippen LogP contribution in [0.1, 0.15) is 38.5 Å². The number of nitrogens with one attached hydrogen (secondary N) is 2. The van der Waals surface area contributed by atoms with E-state index in [2.05, 4.69) is 27.8 Å². The van der Waals surface area contributed by atoms with E-state index in [-0.39, 0.29) is 6.10 Å². The molecule has 0 spiro atoms. The fraction of sp³-hybridized carbons (Fsp3) is 0.833. The Bertz CT molecular complexity index is 337. The van der Waals surface area contributed by atoms with Crippen LogP contribution in [-0.2, 0) is 11.3 Å². The van der Waals surface area contributed by atoms with Crippen molar-refractivity contribution in [1.82, 2.24) is 15.5 Å². The van der Waals surface area contributed by atoms with Crippen molar-refractivity contribution in [3.8, 4) is 0 Å². The molecule has 18 heavy (non-hydrogen) atoms. The third-order valence-corrected chi connectivity index (χ3v) is 2.92. The normalized spacial score (nSPS) is 19.9. The molecule has 6 nitrogen and oxygen atoms in total. The highest BCUT2D eigenvalue weighted by atomic mass is 16.5. The van der Waals surface area contributed by atoms with E-state index in [9.17, 15) is 0 Å². The molecule has 1 unspecified atom stereocenters. The molecule has 0 saturated carbocycles. The van der Waals surface area contributed by atoms with Gasteiger partial charge in [-0.05, 0) is 32.2 Å². The number of rotatable bonds is 7. The minimum Gasteiger partial charge on any atom is -0.407 e. The van der Waals surface area contributed by atoms with Crippen molar-refractivity contribution >= 4 is 6.01 Å². The first kappa shape index (κ1) is 13.3. The van der Waals surface area contributed by atoms with Crippen LogP contribution in [0.15, 0.2) is 4.42 Å². The summed E-state index contributed by atoms with van der Waals surface area (Å²) in [5, 5.41) is 14.3. The summed E-state index contributed by atoms with van der Waals surface area (Å²) in [7, 11) is 0. The van der Waals surface area contributed by atoms with Gasteiger partial charge in [-0.1, -0.05) is 12.0 Å². The molecule has 1 aliphatic heterocycles. The van der Waals surface area contributed by atoms with E-state index in [1.165, 1.54) is 12.8 Å². The molecule has 1 atom stereocenters. The lowest BCUT2D eigenvalue weighted by Crippen LogP contribution is -2.27. The lowest BCUT2D eigenvalue weighted by molar-refractivity contribution is 0.0244. The molecule has 102 valence electrons. The monoisotopic (exact) mass is 254 g/mol. The zero-order chi connectivity index (χ0) is 12.6. The first-order valence-corrected chi connectivity index (χ1v) is 6.77. The highest BCUT2D eigenvalue weighted by Crippen LogP contribution is 2.13. The molecule has 2 N–H and O–H groups in total. The van der Waals surface area contributed by atoms with Gasteiger partial charge in [0.1, 0.15) is 0 Å². The summed E-state index contributed by atoms with van der Waals surface area (Å²) in [6.07, 6.45) is 4.88. The van der Waals surface area contributed by atoms with Crippen molar-refractivity contribution in [1.29, 1.82) is 0 Å². The number of ether oxygens (including phenoxy) is 1. The molecule has 0 bridgehead atoms. The van der Waals surface area contributed by atoms with Gasteiger partial charge in [0.2, 0.25) is 5.89 Å². The summed E-state index contributed by atoms with van der Waals surface area (Å²) in [4.78, 5) is 0. The molecule has 2 heterocycles. The minimum absolute atomic E-state index is 0.271. The van der Waals surface area contributed by atoms with Crippen LogP contribution in [0.3, 0.4) is 0 Å². The quantitative estimate of drug-likeness (QED) is 0.719. The first-order chi connectivity index (χ1) is 8.88. The van der Waals surface area contributed by atoms with Crippen molar-refractivity contribution in [3.05, 3.63) is 5.89 Å². The van der Waals surface area contributed by atoms with E-state index in [1.54, 1.807) is 0 Å². The van der Waals surface area contributed by atoms with Gasteiger partial charge >= 0.3 is 6.01 Å². The second kappa shape index (κ2) is 7.33. The van der Waals surface area contributed by atoms with Crippen LogP contribution < -0.4 is 10.6 Å². The van der Waals surface area contributed by atoms with Crippen LogP contribution in [0.5, 0.6) is 0 Å². The van der Waals surface area contributed by atoms with Crippen LogP contribution in [0.4, 0.5) is 6.01 Å². The predicted molar refractivity (Wildman–Crippen MR) is 68.4 cm³/mol. The Balaban J connectivity index is 1.69. The van der Waals surface area contributed by atoms with Gasteiger partial charge < -0.3 is 19.8 Å². The highest BCUT2D eigenvalue weighted by Gasteiger charge is 2.14. The van der Waals surface area contributed by atoms with Crippen molar-refractivity contribution in [3.63, 3.8) is 0 Å². The summed E-state index contributed by atoms with van der Waals surface area (Å²) in [6, 6.07) is 0.484. The number of anilines is 1. The molecule has 1 aromatic rings. The van der Waals surface area contributed by atoms with Crippen LogP contribution in [0.2, 0.25) is 0 Å². The Morgan fingerprint density at radius 2 is 2.28 bits per heavy atom. The SMILES string of the molecule is CCCNCc1nnc(NCC2CCCCO2)o1. The molecule has 0 aromatic carbocycles. The topological polar surface area (TPSA) is 72.2 Å². The van der Waals surface area contributed by atoms with E-state index in [1.807, 2.05) is 0 Å². The fourth-order valence-electron chi connectivity index (χ4n) is 1.94. The smallest absolute Gasteiger partial charge is 0.315 e. The molecule has 6 heteroatoms. The fourth-order valence-corrected chi connectivity index (χ4v) is 1.94. The predicted octanol–water partition coefficient (Wildman–Crippen LogP) is 1.55. The summed E-state index contributed by atoms with van der Waals surface area (Å²) in [5.74, 6) is 0.621. The van der Waals surface area contributed by atoms with E-state index in [0.717, 1.165) is 32.5 Å². The molecular weight excluding hydrogens is 232 g/mol. The summed E-state index contributed by atoms with van der Waals surface area (Å²) >= 11 is 0. The van der Waals surface area contributed by atoms with Gasteiger partial charge in [0.25, 0.3) is 0 Å². The minimum atomic E-state index is 0.271. The van der Waals surface area contributed by atoms with Crippen LogP contribution >= 0.6 is 0 Å². The number of aromatic nitrogens is 2. The van der Waals surface area contributed by atoms with Crippen LogP contribution in [0.25, 0.3) is 0 Å². The summed E-state index contributed by atoms with van der Waals surface area (Å²) < 4.78 is 11.1. The Morgan fingerprint density at radius 3 is 3.06 bits per heavy atom. The van der Waals surface area contributed by atoms with Gasteiger partial charge in [-0.25, -0.2) is 0 Å². The standard InChI is InChI=1S/C12H22N4O2/c1-2-6-13-9-11-15-16-12(18-11)14-8-10-5-3-4-7-17-10/h10,13H,2-9H2,1H3,(H,14,16). The van der Waals surface area contributed by atoms with Crippen LogP contribution in [-0.4, -0.2) is 36.0 Å². The Morgan fingerprint density at radius 1 is 1.33 bits per heavy atom. The molecule has 0 amide bonds. The second-order valence-electron chi connectivity index (χ2n) is 4.55. The molecule has 0 aliphatic carbocycles. The largest absolute Gasteiger partial charge is 0.407 e. The molecule has 1 aromatic heterocycles. The zero-order valence-electron chi connectivity index (χ0n) is 10.9. The maximum atomic E-state index is 5.62. The number of hydrogen-bond acceptors (Lipinski definition) is 6. The van der Waals surface area contributed by atoms with Crippen molar-refractivity contribution in [2.45, 2.75) is 45.3 Å². The number of nitrogens with zero attached hydrogens (tertiary/aromatic N) is 2. The van der Waals surface area contributed by atoms with Crippen molar-refractivity contribution in [2.24, 2.45) is 0 Å². The van der Waals surface area contributed by atoms with E-state index >= 15 is 0 Å². The van der Waals surface area contributed by atoms with Gasteiger partial charge in [-0.3, -0.25) is 0 Å². The van der Waals surface area contributed by atoms with Gasteiger partial charge in [-0.15, -0.1) is 5.10 Å². The molecule has 1 saturated heterocycles. The molecule has 0 radical (unpaired) electrons. The van der Waals surface area contributed by atoms with Gasteiger partial charge in [0.15, 0.2) is 0 Å². The van der Waals surface area contributed by atoms with Gasteiger partial charge in [0.05, 0.1) is 12.6 Å². The number of hydrogen-bond donors (Lipinski definition) is 2. The molecule has 2 rings (SSSR count).